The van der Waals surface area contributed by atoms with Crippen LogP contribution >= 0.6 is 0 Å². The van der Waals surface area contributed by atoms with Crippen molar-refractivity contribution in [3.05, 3.63) is 102 Å². The van der Waals surface area contributed by atoms with Gasteiger partial charge in [-0.2, -0.15) is 0 Å². The summed E-state index contributed by atoms with van der Waals surface area (Å²) in [7, 11) is 0. The summed E-state index contributed by atoms with van der Waals surface area (Å²) in [4.78, 5) is 37.2. The highest BCUT2D eigenvalue weighted by atomic mass is 16.6. The van der Waals surface area contributed by atoms with Crippen LogP contribution in [-0.4, -0.2) is 37.7 Å². The predicted molar refractivity (Wildman–Crippen MR) is 148 cm³/mol. The average molecular weight is 532 g/mol. The van der Waals surface area contributed by atoms with Crippen LogP contribution in [0, 0.1) is 0 Å². The van der Waals surface area contributed by atoms with Gasteiger partial charge >= 0.3 is 11.9 Å². The first-order chi connectivity index (χ1) is 19.0. The molecule has 0 aliphatic heterocycles. The lowest BCUT2D eigenvalue weighted by Crippen LogP contribution is -2.17. The van der Waals surface area contributed by atoms with Gasteiger partial charge in [0.1, 0.15) is 5.75 Å². The minimum absolute atomic E-state index is 0.0914. The number of ether oxygens (including phenoxy) is 4. The summed E-state index contributed by atoms with van der Waals surface area (Å²) in [6.07, 6.45) is 3.88. The van der Waals surface area contributed by atoms with Crippen LogP contribution in [0.5, 0.6) is 11.5 Å². The van der Waals surface area contributed by atoms with Gasteiger partial charge in [0.25, 0.3) is 5.91 Å². The van der Waals surface area contributed by atoms with Gasteiger partial charge in [0.2, 0.25) is 5.76 Å². The SMILES string of the molecule is CCOC(=O)/C=C(/Oc1ccccc1NC(=O)c1ccc(OCCCCc2ccccc2)cc1)C(=O)OCC. The number of para-hydroxylation sites is 2. The lowest BCUT2D eigenvalue weighted by Gasteiger charge is -2.14. The van der Waals surface area contributed by atoms with E-state index in [-0.39, 0.29) is 30.6 Å². The molecule has 39 heavy (non-hydrogen) atoms. The molecule has 0 bridgehead atoms. The Labute approximate surface area is 228 Å². The van der Waals surface area contributed by atoms with Crippen molar-refractivity contribution < 1.29 is 33.3 Å². The van der Waals surface area contributed by atoms with Crippen LogP contribution in [0.4, 0.5) is 5.69 Å². The van der Waals surface area contributed by atoms with Gasteiger partial charge in [0.05, 0.1) is 31.6 Å². The molecule has 204 valence electrons. The normalized spacial score (nSPS) is 10.9. The molecule has 1 N–H and O–H groups in total. The molecule has 8 heteroatoms. The summed E-state index contributed by atoms with van der Waals surface area (Å²) < 4.78 is 21.3. The number of carbonyl (C=O) groups excluding carboxylic acids is 3. The lowest BCUT2D eigenvalue weighted by molar-refractivity contribution is -0.143. The van der Waals surface area contributed by atoms with E-state index in [0.29, 0.717) is 23.6 Å². The molecule has 3 aromatic rings. The highest BCUT2D eigenvalue weighted by molar-refractivity contribution is 6.05. The van der Waals surface area contributed by atoms with Crippen LogP contribution < -0.4 is 14.8 Å². The van der Waals surface area contributed by atoms with Crippen molar-refractivity contribution in [1.29, 1.82) is 0 Å². The van der Waals surface area contributed by atoms with E-state index in [4.69, 9.17) is 18.9 Å². The smallest absolute Gasteiger partial charge is 0.374 e. The molecule has 0 spiro atoms. The molecule has 0 radical (unpaired) electrons. The number of carbonyl (C=O) groups is 3. The first kappa shape index (κ1) is 29.0. The number of nitrogens with one attached hydrogen (secondary N) is 1. The van der Waals surface area contributed by atoms with Crippen LogP contribution in [0.15, 0.2) is 90.7 Å². The van der Waals surface area contributed by atoms with Crippen molar-refractivity contribution >= 4 is 23.5 Å². The lowest BCUT2D eigenvalue weighted by atomic mass is 10.1. The third-order valence-corrected chi connectivity index (χ3v) is 5.46. The van der Waals surface area contributed by atoms with Gasteiger partial charge in [-0.3, -0.25) is 4.79 Å². The molecule has 0 heterocycles. The van der Waals surface area contributed by atoms with Gasteiger partial charge in [-0.25, -0.2) is 9.59 Å². The fourth-order valence-corrected chi connectivity index (χ4v) is 3.56. The fraction of sp³-hybridized carbons (Fsp3) is 0.258. The van der Waals surface area contributed by atoms with E-state index in [9.17, 15) is 14.4 Å². The van der Waals surface area contributed by atoms with Crippen molar-refractivity contribution in [2.45, 2.75) is 33.1 Å². The number of unbranched alkanes of at least 4 members (excludes halogenated alkanes) is 1. The summed E-state index contributed by atoms with van der Waals surface area (Å²) in [6.45, 7) is 4.10. The maximum atomic E-state index is 12.9. The summed E-state index contributed by atoms with van der Waals surface area (Å²) in [5.41, 5.74) is 2.03. The minimum atomic E-state index is -0.831. The van der Waals surface area contributed by atoms with Crippen LogP contribution in [0.1, 0.15) is 42.6 Å². The van der Waals surface area contributed by atoms with Crippen LogP contribution in [-0.2, 0) is 25.5 Å². The number of aryl methyl sites for hydroxylation is 1. The second kappa shape index (κ2) is 15.6. The van der Waals surface area contributed by atoms with Crippen LogP contribution in [0.2, 0.25) is 0 Å². The van der Waals surface area contributed by atoms with E-state index in [1.165, 1.54) is 5.56 Å². The van der Waals surface area contributed by atoms with Gasteiger partial charge in [-0.1, -0.05) is 42.5 Å². The van der Waals surface area contributed by atoms with Crippen molar-refractivity contribution in [3.63, 3.8) is 0 Å². The van der Waals surface area contributed by atoms with E-state index < -0.39 is 11.9 Å². The molecule has 1 amide bonds. The Morgan fingerprint density at radius 2 is 1.49 bits per heavy atom. The van der Waals surface area contributed by atoms with Gasteiger partial charge in [0, 0.05) is 5.56 Å². The predicted octanol–water partition coefficient (Wildman–Crippen LogP) is 5.73. The Morgan fingerprint density at radius 3 is 2.21 bits per heavy atom. The van der Waals surface area contributed by atoms with E-state index in [1.54, 1.807) is 62.4 Å². The van der Waals surface area contributed by atoms with Crippen molar-refractivity contribution in [1.82, 2.24) is 0 Å². The van der Waals surface area contributed by atoms with Gasteiger partial charge in [0.15, 0.2) is 5.75 Å². The molecule has 0 aliphatic carbocycles. The van der Waals surface area contributed by atoms with Crippen molar-refractivity contribution in [2.24, 2.45) is 0 Å². The van der Waals surface area contributed by atoms with Crippen LogP contribution in [0.3, 0.4) is 0 Å². The zero-order chi connectivity index (χ0) is 27.9. The van der Waals surface area contributed by atoms with E-state index >= 15 is 0 Å². The highest BCUT2D eigenvalue weighted by Crippen LogP contribution is 2.27. The molecule has 0 fully saturated rings. The number of hydrogen-bond acceptors (Lipinski definition) is 7. The number of rotatable bonds is 14. The molecule has 8 nitrogen and oxygen atoms in total. The zero-order valence-corrected chi connectivity index (χ0v) is 22.2. The second-order valence-electron chi connectivity index (χ2n) is 8.35. The van der Waals surface area contributed by atoms with E-state index in [1.807, 2.05) is 18.2 Å². The second-order valence-corrected chi connectivity index (χ2v) is 8.35. The number of anilines is 1. The molecule has 0 aliphatic rings. The molecular weight excluding hydrogens is 498 g/mol. The van der Waals surface area contributed by atoms with E-state index in [0.717, 1.165) is 25.3 Å². The highest BCUT2D eigenvalue weighted by Gasteiger charge is 2.19. The van der Waals surface area contributed by atoms with Gasteiger partial charge < -0.3 is 24.3 Å². The largest absolute Gasteiger partial charge is 0.494 e. The van der Waals surface area contributed by atoms with Gasteiger partial charge in [-0.05, 0) is 75.1 Å². The zero-order valence-electron chi connectivity index (χ0n) is 22.2. The third-order valence-electron chi connectivity index (χ3n) is 5.46. The molecule has 3 aromatic carbocycles. The Balaban J connectivity index is 1.58. The van der Waals surface area contributed by atoms with Crippen molar-refractivity contribution in [3.8, 4) is 11.5 Å². The molecule has 0 saturated carbocycles. The maximum Gasteiger partial charge on any atom is 0.374 e. The molecule has 0 unspecified atom stereocenters. The Morgan fingerprint density at radius 1 is 0.795 bits per heavy atom. The van der Waals surface area contributed by atoms with E-state index in [2.05, 4.69) is 17.4 Å². The maximum absolute atomic E-state index is 12.9. The first-order valence-electron chi connectivity index (χ1n) is 12.9. The molecule has 0 saturated heterocycles. The number of amides is 1. The Kier molecular flexibility index (Phi) is 11.6. The number of hydrogen-bond donors (Lipinski definition) is 1. The average Bonchev–Trinajstić information content (AvgIpc) is 2.94. The van der Waals surface area contributed by atoms with Crippen LogP contribution in [0.25, 0.3) is 0 Å². The van der Waals surface area contributed by atoms with Crippen molar-refractivity contribution in [2.75, 3.05) is 25.1 Å². The summed E-state index contributed by atoms with van der Waals surface area (Å²) in [5, 5.41) is 2.78. The monoisotopic (exact) mass is 531 g/mol. The number of esters is 2. The molecule has 0 aromatic heterocycles. The fourth-order valence-electron chi connectivity index (χ4n) is 3.56. The minimum Gasteiger partial charge on any atom is -0.494 e. The topological polar surface area (TPSA) is 100 Å². The molecular formula is C31H33NO7. The Hall–Kier alpha value is -4.59. The standard InChI is InChI=1S/C31H33NO7/c1-3-36-29(33)22-28(31(35)37-4-2)39-27-16-9-8-15-26(27)32-30(34)24-17-19-25(20-18-24)38-21-11-10-14-23-12-6-5-7-13-23/h5-9,12-13,15-20,22H,3-4,10-11,14,21H2,1-2H3,(H,32,34)/b28-22+. The Bertz CT molecular complexity index is 1250. The summed E-state index contributed by atoms with van der Waals surface area (Å²) >= 11 is 0. The van der Waals surface area contributed by atoms with Gasteiger partial charge in [-0.15, -0.1) is 0 Å². The first-order valence-corrected chi connectivity index (χ1v) is 12.9. The summed E-state index contributed by atoms with van der Waals surface area (Å²) in [5.74, 6) is -1.49. The quantitative estimate of drug-likeness (QED) is 0.123. The number of benzene rings is 3. The molecule has 0 atom stereocenters. The summed E-state index contributed by atoms with van der Waals surface area (Å²) in [6, 6.07) is 23.7. The molecule has 3 rings (SSSR count). The third kappa shape index (κ3) is 9.66.